The molecule has 0 aliphatic carbocycles. The van der Waals surface area contributed by atoms with E-state index in [1.807, 2.05) is 34.9 Å². The van der Waals surface area contributed by atoms with Crippen molar-refractivity contribution >= 4 is 35.1 Å². The maximum absolute atomic E-state index is 13.8. The lowest BCUT2D eigenvalue weighted by molar-refractivity contribution is 0.0949. The molecule has 1 N–H and O–H groups in total. The third kappa shape index (κ3) is 5.70. The second-order valence-corrected chi connectivity index (χ2v) is 8.65. The molecule has 6 nitrogen and oxygen atoms in total. The molecule has 4 rings (SSSR count). The summed E-state index contributed by atoms with van der Waals surface area (Å²) in [4.78, 5) is 24.9. The van der Waals surface area contributed by atoms with Crippen LogP contribution < -0.4 is 5.32 Å². The average molecular weight is 495 g/mol. The number of benzene rings is 3. The van der Waals surface area contributed by atoms with E-state index in [4.69, 9.17) is 11.6 Å². The van der Waals surface area contributed by atoms with Gasteiger partial charge in [0.25, 0.3) is 5.91 Å². The molecule has 0 saturated carbocycles. The Hall–Kier alpha value is -3.49. The summed E-state index contributed by atoms with van der Waals surface area (Å²) < 4.78 is 15.7. The lowest BCUT2D eigenvalue weighted by atomic mass is 10.1. The third-order valence-corrected chi connectivity index (χ3v) is 6.15. The predicted octanol–water partition coefficient (Wildman–Crippen LogP) is 5.01. The van der Waals surface area contributed by atoms with Crippen LogP contribution >= 0.6 is 23.4 Å². The molecule has 0 spiro atoms. The van der Waals surface area contributed by atoms with Gasteiger partial charge in [-0.1, -0.05) is 53.7 Å². The predicted molar refractivity (Wildman–Crippen MR) is 130 cm³/mol. The van der Waals surface area contributed by atoms with Crippen LogP contribution in [0.3, 0.4) is 0 Å². The average Bonchev–Trinajstić information content (AvgIpc) is 3.26. The number of nitrogens with zero attached hydrogens (tertiary/aromatic N) is 3. The number of Topliss-reactive ketones (excluding diaryl/α,β-unsaturated/α-hetero) is 1. The van der Waals surface area contributed by atoms with Crippen molar-refractivity contribution in [2.45, 2.75) is 11.6 Å². The number of hydrogen-bond acceptors (Lipinski definition) is 5. The Morgan fingerprint density at radius 3 is 2.38 bits per heavy atom. The lowest BCUT2D eigenvalue weighted by Crippen LogP contribution is -2.27. The van der Waals surface area contributed by atoms with Crippen LogP contribution in [0.15, 0.2) is 84.0 Å². The van der Waals surface area contributed by atoms with Crippen LogP contribution in [-0.4, -0.2) is 38.8 Å². The maximum atomic E-state index is 13.8. The van der Waals surface area contributed by atoms with Gasteiger partial charge in [-0.25, -0.2) is 4.39 Å². The fourth-order valence-corrected chi connectivity index (χ4v) is 4.26. The zero-order valence-corrected chi connectivity index (χ0v) is 19.5. The van der Waals surface area contributed by atoms with E-state index in [1.54, 1.807) is 30.3 Å². The van der Waals surface area contributed by atoms with E-state index in [0.29, 0.717) is 28.0 Å². The van der Waals surface area contributed by atoms with Crippen molar-refractivity contribution in [1.82, 2.24) is 20.1 Å². The molecule has 0 unspecified atom stereocenters. The molecule has 172 valence electrons. The largest absolute Gasteiger partial charge is 0.351 e. The Morgan fingerprint density at radius 1 is 0.941 bits per heavy atom. The second kappa shape index (κ2) is 11.1. The third-order valence-electron chi connectivity index (χ3n) is 4.97. The van der Waals surface area contributed by atoms with Gasteiger partial charge in [-0.15, -0.1) is 10.2 Å². The summed E-state index contributed by atoms with van der Waals surface area (Å²) in [6, 6.07) is 22.1. The molecule has 3 aromatic carbocycles. The van der Waals surface area contributed by atoms with Crippen molar-refractivity contribution in [1.29, 1.82) is 0 Å². The molecule has 9 heteroatoms. The Balaban J connectivity index is 1.47. The van der Waals surface area contributed by atoms with Gasteiger partial charge in [0.2, 0.25) is 0 Å². The summed E-state index contributed by atoms with van der Waals surface area (Å²) >= 11 is 7.18. The highest BCUT2D eigenvalue weighted by atomic mass is 35.5. The minimum absolute atomic E-state index is 0.0102. The second-order valence-electron chi connectivity index (χ2n) is 7.27. The summed E-state index contributed by atoms with van der Waals surface area (Å²) in [7, 11) is 0. The summed E-state index contributed by atoms with van der Waals surface area (Å²) in [5.41, 5.74) is 1.40. The Kier molecular flexibility index (Phi) is 7.72. The number of carbonyl (C=O) groups excluding carboxylic acids is 2. The van der Waals surface area contributed by atoms with E-state index in [-0.39, 0.29) is 23.6 Å². The number of carbonyl (C=O) groups is 2. The number of para-hydroxylation sites is 1. The van der Waals surface area contributed by atoms with Crippen LogP contribution in [0.1, 0.15) is 26.5 Å². The van der Waals surface area contributed by atoms with Gasteiger partial charge in [-0.05, 0) is 48.5 Å². The number of nitrogens with one attached hydrogen (secondary N) is 1. The van der Waals surface area contributed by atoms with Crippen molar-refractivity contribution in [2.75, 3.05) is 12.3 Å². The topological polar surface area (TPSA) is 76.9 Å². The van der Waals surface area contributed by atoms with Crippen molar-refractivity contribution < 1.29 is 14.0 Å². The van der Waals surface area contributed by atoms with Gasteiger partial charge in [-0.3, -0.25) is 14.2 Å². The first-order valence-corrected chi connectivity index (χ1v) is 11.8. The zero-order chi connectivity index (χ0) is 23.9. The highest BCUT2D eigenvalue weighted by Crippen LogP contribution is 2.23. The highest BCUT2D eigenvalue weighted by Gasteiger charge is 2.17. The van der Waals surface area contributed by atoms with Crippen LogP contribution in [0.2, 0.25) is 5.02 Å². The fraction of sp³-hybridized carbons (Fsp3) is 0.120. The summed E-state index contributed by atoms with van der Waals surface area (Å²) in [6.07, 6.45) is 0.369. The SMILES string of the molecule is O=C(CSc1nnc(CCNC(=O)c2ccccc2F)n1-c1ccccc1)c1ccc(Cl)cc1. The Labute approximate surface area is 205 Å². The van der Waals surface area contributed by atoms with Crippen LogP contribution in [-0.2, 0) is 6.42 Å². The molecule has 0 atom stereocenters. The number of rotatable bonds is 9. The normalized spacial score (nSPS) is 10.8. The van der Waals surface area contributed by atoms with E-state index in [9.17, 15) is 14.0 Å². The molecule has 34 heavy (non-hydrogen) atoms. The molecule has 0 fully saturated rings. The molecular formula is C25H20ClFN4O2S. The number of ketones is 1. The standard InChI is InChI=1S/C25H20ClFN4O2S/c26-18-12-10-17(11-13-18)22(32)16-34-25-30-29-23(31(25)19-6-2-1-3-7-19)14-15-28-24(33)20-8-4-5-9-21(20)27/h1-13H,14-16H2,(H,28,33). The molecule has 1 aromatic heterocycles. The smallest absolute Gasteiger partial charge is 0.254 e. The summed E-state index contributed by atoms with van der Waals surface area (Å²) in [5.74, 6) is -0.329. The first kappa shape index (κ1) is 23.7. The fourth-order valence-electron chi connectivity index (χ4n) is 3.27. The van der Waals surface area contributed by atoms with Crippen molar-refractivity contribution in [2.24, 2.45) is 0 Å². The number of amides is 1. The first-order chi connectivity index (χ1) is 16.5. The van der Waals surface area contributed by atoms with E-state index < -0.39 is 11.7 Å². The van der Waals surface area contributed by atoms with Crippen LogP contribution in [0.4, 0.5) is 4.39 Å². The van der Waals surface area contributed by atoms with Crippen molar-refractivity contribution in [3.63, 3.8) is 0 Å². The number of aromatic nitrogens is 3. The van der Waals surface area contributed by atoms with Gasteiger partial charge in [-0.2, -0.15) is 0 Å². The van der Waals surface area contributed by atoms with Gasteiger partial charge < -0.3 is 5.32 Å². The molecule has 1 heterocycles. The number of halogens is 2. The van der Waals surface area contributed by atoms with Crippen LogP contribution in [0.25, 0.3) is 5.69 Å². The minimum Gasteiger partial charge on any atom is -0.351 e. The van der Waals surface area contributed by atoms with Gasteiger partial charge in [0.15, 0.2) is 10.9 Å². The quantitative estimate of drug-likeness (QED) is 0.261. The van der Waals surface area contributed by atoms with Gasteiger partial charge in [0, 0.05) is 29.2 Å². The van der Waals surface area contributed by atoms with Crippen LogP contribution in [0.5, 0.6) is 0 Å². The Bertz CT molecular complexity index is 1300. The molecule has 0 aliphatic rings. The maximum Gasteiger partial charge on any atom is 0.254 e. The molecule has 4 aromatic rings. The van der Waals surface area contributed by atoms with Crippen molar-refractivity contribution in [3.8, 4) is 5.69 Å². The number of thioether (sulfide) groups is 1. The van der Waals surface area contributed by atoms with Crippen LogP contribution in [0, 0.1) is 5.82 Å². The monoisotopic (exact) mass is 494 g/mol. The van der Waals surface area contributed by atoms with E-state index in [1.165, 1.54) is 30.0 Å². The highest BCUT2D eigenvalue weighted by molar-refractivity contribution is 7.99. The van der Waals surface area contributed by atoms with Gasteiger partial charge >= 0.3 is 0 Å². The molecule has 0 saturated heterocycles. The first-order valence-electron chi connectivity index (χ1n) is 10.5. The minimum atomic E-state index is -0.573. The molecule has 0 bridgehead atoms. The number of hydrogen-bond donors (Lipinski definition) is 1. The molecular weight excluding hydrogens is 475 g/mol. The molecule has 0 aliphatic heterocycles. The van der Waals surface area contributed by atoms with Gasteiger partial charge in [0.1, 0.15) is 11.6 Å². The van der Waals surface area contributed by atoms with Gasteiger partial charge in [0.05, 0.1) is 11.3 Å². The molecule has 1 amide bonds. The Morgan fingerprint density at radius 2 is 1.65 bits per heavy atom. The lowest BCUT2D eigenvalue weighted by Gasteiger charge is -2.11. The zero-order valence-electron chi connectivity index (χ0n) is 17.9. The summed E-state index contributed by atoms with van der Waals surface area (Å²) in [5, 5.41) is 12.4. The van der Waals surface area contributed by atoms with E-state index in [2.05, 4.69) is 15.5 Å². The van der Waals surface area contributed by atoms with E-state index in [0.717, 1.165) is 5.69 Å². The molecule has 0 radical (unpaired) electrons. The summed E-state index contributed by atoms with van der Waals surface area (Å²) in [6.45, 7) is 0.243. The van der Waals surface area contributed by atoms with E-state index >= 15 is 0 Å². The van der Waals surface area contributed by atoms with Crippen molar-refractivity contribution in [3.05, 3.63) is 107 Å².